The minimum atomic E-state index is 0.618. The van der Waals surface area contributed by atoms with Crippen LogP contribution in [0.15, 0.2) is 60.0 Å². The molecule has 0 amide bonds. The molecule has 4 rings (SSSR count). The van der Waals surface area contributed by atoms with E-state index in [1.807, 2.05) is 0 Å². The van der Waals surface area contributed by atoms with Gasteiger partial charge in [0.2, 0.25) is 0 Å². The number of rotatable bonds is 6. The van der Waals surface area contributed by atoms with Gasteiger partial charge in [0.25, 0.3) is 0 Å². The zero-order valence-corrected chi connectivity index (χ0v) is 17.0. The molecule has 2 aromatic carbocycles. The Morgan fingerprint density at radius 2 is 1.89 bits per heavy atom. The lowest BCUT2D eigenvalue weighted by molar-refractivity contribution is 0.297. The lowest BCUT2D eigenvalue weighted by Crippen LogP contribution is -2.26. The molecule has 0 aliphatic heterocycles. The third kappa shape index (κ3) is 4.60. The van der Waals surface area contributed by atoms with E-state index in [0.29, 0.717) is 6.61 Å². The summed E-state index contributed by atoms with van der Waals surface area (Å²) in [6, 6.07) is 19.6. The molecule has 1 aliphatic rings. The summed E-state index contributed by atoms with van der Waals surface area (Å²) < 4.78 is 6.07. The van der Waals surface area contributed by atoms with Gasteiger partial charge in [0.1, 0.15) is 12.4 Å². The average molecular weight is 378 g/mol. The van der Waals surface area contributed by atoms with Crippen LogP contribution in [0, 0.1) is 5.92 Å². The Hall–Kier alpha value is -2.10. The van der Waals surface area contributed by atoms with Gasteiger partial charge in [0, 0.05) is 11.4 Å². The second kappa shape index (κ2) is 8.28. The molecular weight excluding hydrogens is 350 g/mol. The Bertz CT molecular complexity index is 868. The summed E-state index contributed by atoms with van der Waals surface area (Å²) in [6.07, 6.45) is 3.64. The van der Waals surface area contributed by atoms with Gasteiger partial charge in [-0.2, -0.15) is 0 Å². The molecular formula is C24H27NOS. The van der Waals surface area contributed by atoms with Crippen molar-refractivity contribution in [3.63, 3.8) is 0 Å². The van der Waals surface area contributed by atoms with Crippen LogP contribution in [-0.4, -0.2) is 25.5 Å². The Morgan fingerprint density at radius 3 is 2.63 bits per heavy atom. The predicted octanol–water partition coefficient (Wildman–Crippen LogP) is 5.66. The van der Waals surface area contributed by atoms with E-state index in [4.69, 9.17) is 4.74 Å². The van der Waals surface area contributed by atoms with E-state index in [1.165, 1.54) is 52.9 Å². The van der Waals surface area contributed by atoms with Crippen LogP contribution < -0.4 is 4.74 Å². The van der Waals surface area contributed by atoms with E-state index in [0.717, 1.165) is 11.7 Å². The minimum absolute atomic E-state index is 0.618. The molecule has 1 unspecified atom stereocenters. The summed E-state index contributed by atoms with van der Waals surface area (Å²) in [5.41, 5.74) is 5.45. The highest BCUT2D eigenvalue weighted by atomic mass is 32.1. The number of aryl methyl sites for hydroxylation is 1. The quantitative estimate of drug-likeness (QED) is 0.549. The highest BCUT2D eigenvalue weighted by Crippen LogP contribution is 2.29. The second-order valence-electron chi connectivity index (χ2n) is 7.76. The number of thiophene rings is 1. The van der Waals surface area contributed by atoms with Gasteiger partial charge < -0.3 is 9.64 Å². The molecule has 2 nitrogen and oxygen atoms in total. The number of nitrogens with zero attached hydrogens (tertiary/aromatic N) is 1. The SMILES string of the molecule is CN(C)CC1CCc2cc(OCc3ccc(-c4cccs4)cc3)ccc2C1. The number of fused-ring (bicyclic) bond motifs is 1. The molecule has 27 heavy (non-hydrogen) atoms. The van der Waals surface area contributed by atoms with Crippen molar-refractivity contribution >= 4 is 11.3 Å². The summed E-state index contributed by atoms with van der Waals surface area (Å²) in [7, 11) is 4.33. The van der Waals surface area contributed by atoms with Crippen molar-refractivity contribution in [2.24, 2.45) is 5.92 Å². The first-order valence-corrected chi connectivity index (χ1v) is 10.6. The fourth-order valence-corrected chi connectivity index (χ4v) is 4.68. The van der Waals surface area contributed by atoms with Gasteiger partial charge in [-0.25, -0.2) is 0 Å². The zero-order chi connectivity index (χ0) is 18.6. The smallest absolute Gasteiger partial charge is 0.120 e. The molecule has 140 valence electrons. The minimum Gasteiger partial charge on any atom is -0.489 e. The van der Waals surface area contributed by atoms with Crippen LogP contribution in [0.5, 0.6) is 5.75 Å². The van der Waals surface area contributed by atoms with Crippen molar-refractivity contribution in [2.45, 2.75) is 25.9 Å². The molecule has 0 radical (unpaired) electrons. The highest BCUT2D eigenvalue weighted by molar-refractivity contribution is 7.13. The Kier molecular flexibility index (Phi) is 5.61. The Balaban J connectivity index is 1.37. The van der Waals surface area contributed by atoms with Crippen molar-refractivity contribution < 1.29 is 4.74 Å². The molecule has 3 heteroatoms. The van der Waals surface area contributed by atoms with Crippen molar-refractivity contribution in [2.75, 3.05) is 20.6 Å². The molecule has 0 fully saturated rings. The van der Waals surface area contributed by atoms with Crippen molar-refractivity contribution in [3.05, 3.63) is 76.7 Å². The van der Waals surface area contributed by atoms with E-state index in [-0.39, 0.29) is 0 Å². The van der Waals surface area contributed by atoms with Gasteiger partial charge in [-0.1, -0.05) is 36.4 Å². The van der Waals surface area contributed by atoms with E-state index in [9.17, 15) is 0 Å². The van der Waals surface area contributed by atoms with Gasteiger partial charge >= 0.3 is 0 Å². The first-order chi connectivity index (χ1) is 13.2. The Morgan fingerprint density at radius 1 is 1.04 bits per heavy atom. The molecule has 1 aromatic heterocycles. The molecule has 1 heterocycles. The van der Waals surface area contributed by atoms with Crippen molar-refractivity contribution in [1.29, 1.82) is 0 Å². The summed E-state index contributed by atoms with van der Waals surface area (Å²) in [5.74, 6) is 1.77. The third-order valence-electron chi connectivity index (χ3n) is 5.30. The maximum Gasteiger partial charge on any atom is 0.120 e. The number of hydrogen-bond acceptors (Lipinski definition) is 3. The predicted molar refractivity (Wildman–Crippen MR) is 115 cm³/mol. The summed E-state index contributed by atoms with van der Waals surface area (Å²) in [4.78, 5) is 3.61. The molecule has 1 atom stereocenters. The first kappa shape index (κ1) is 18.3. The van der Waals surface area contributed by atoms with Gasteiger partial charge in [-0.05, 0) is 85.1 Å². The van der Waals surface area contributed by atoms with Crippen LogP contribution in [0.2, 0.25) is 0 Å². The van der Waals surface area contributed by atoms with Crippen LogP contribution in [0.3, 0.4) is 0 Å². The molecule has 0 spiro atoms. The molecule has 0 bridgehead atoms. The fraction of sp³-hybridized carbons (Fsp3) is 0.333. The largest absolute Gasteiger partial charge is 0.489 e. The Labute approximate surface area is 166 Å². The topological polar surface area (TPSA) is 12.5 Å². The normalized spacial score (nSPS) is 16.3. The number of hydrogen-bond donors (Lipinski definition) is 0. The number of ether oxygens (including phenoxy) is 1. The highest BCUT2D eigenvalue weighted by Gasteiger charge is 2.19. The standard InChI is InChI=1S/C24H27NOS/c1-25(2)16-19-7-10-22-15-23(12-11-21(22)14-19)26-17-18-5-8-20(9-6-18)24-4-3-13-27-24/h3-6,8-9,11-13,15,19H,7,10,14,16-17H2,1-2H3. The van der Waals surface area contributed by atoms with Gasteiger partial charge in [-0.15, -0.1) is 11.3 Å². The van der Waals surface area contributed by atoms with Gasteiger partial charge in [0.05, 0.1) is 0 Å². The lowest BCUT2D eigenvalue weighted by atomic mass is 9.83. The summed E-state index contributed by atoms with van der Waals surface area (Å²) in [5, 5.41) is 2.12. The number of benzene rings is 2. The molecule has 0 saturated heterocycles. The second-order valence-corrected chi connectivity index (χ2v) is 8.71. The van der Waals surface area contributed by atoms with Gasteiger partial charge in [-0.3, -0.25) is 0 Å². The first-order valence-electron chi connectivity index (χ1n) is 9.69. The summed E-state index contributed by atoms with van der Waals surface area (Å²) >= 11 is 1.77. The van der Waals surface area contributed by atoms with E-state index < -0.39 is 0 Å². The van der Waals surface area contributed by atoms with Crippen LogP contribution in [0.25, 0.3) is 10.4 Å². The lowest BCUT2D eigenvalue weighted by Gasteiger charge is -2.27. The van der Waals surface area contributed by atoms with Crippen LogP contribution in [0.4, 0.5) is 0 Å². The molecule has 3 aromatic rings. The maximum absolute atomic E-state index is 6.07. The zero-order valence-electron chi connectivity index (χ0n) is 16.2. The van der Waals surface area contributed by atoms with Crippen molar-refractivity contribution in [3.8, 4) is 16.2 Å². The fourth-order valence-electron chi connectivity index (χ4n) is 3.94. The molecule has 0 N–H and O–H groups in total. The van der Waals surface area contributed by atoms with E-state index >= 15 is 0 Å². The monoisotopic (exact) mass is 377 g/mol. The van der Waals surface area contributed by atoms with Crippen LogP contribution in [0.1, 0.15) is 23.1 Å². The van der Waals surface area contributed by atoms with Crippen molar-refractivity contribution in [1.82, 2.24) is 4.90 Å². The van der Waals surface area contributed by atoms with Gasteiger partial charge in [0.15, 0.2) is 0 Å². The molecule has 1 aliphatic carbocycles. The van der Waals surface area contributed by atoms with E-state index in [2.05, 4.69) is 79.0 Å². The summed E-state index contributed by atoms with van der Waals surface area (Å²) in [6.45, 7) is 1.80. The maximum atomic E-state index is 6.07. The van der Waals surface area contributed by atoms with Crippen LogP contribution >= 0.6 is 11.3 Å². The molecule has 0 saturated carbocycles. The average Bonchev–Trinajstić information content (AvgIpc) is 3.21. The van der Waals surface area contributed by atoms with E-state index in [1.54, 1.807) is 11.3 Å². The third-order valence-corrected chi connectivity index (χ3v) is 6.22. The van der Waals surface area contributed by atoms with Crippen LogP contribution in [-0.2, 0) is 19.4 Å².